The Bertz CT molecular complexity index is 612. The van der Waals surface area contributed by atoms with Crippen LogP contribution in [0, 0.1) is 11.6 Å². The second kappa shape index (κ2) is 5.70. The highest BCUT2D eigenvalue weighted by Crippen LogP contribution is 2.29. The molecule has 0 amide bonds. The standard InChI is InChI=1S/C10H14F2N4O2S2/c1-20(17,18)8-5-19-3-2-16(8)10-7(12)4-6(11)9(14-10)15-13/h4,8H,2-3,5,13H2,1H3,(H,14,15). The Hall–Kier alpha value is -1.13. The van der Waals surface area contributed by atoms with Crippen LogP contribution in [0.1, 0.15) is 0 Å². The number of hydrogen-bond acceptors (Lipinski definition) is 7. The summed E-state index contributed by atoms with van der Waals surface area (Å²) in [5.41, 5.74) is 2.02. The van der Waals surface area contributed by atoms with Gasteiger partial charge in [-0.3, -0.25) is 0 Å². The summed E-state index contributed by atoms with van der Waals surface area (Å²) in [5.74, 6) is 3.66. The van der Waals surface area contributed by atoms with Gasteiger partial charge in [-0.1, -0.05) is 0 Å². The van der Waals surface area contributed by atoms with Gasteiger partial charge in [-0.05, 0) is 0 Å². The molecular formula is C10H14F2N4O2S2. The molecular weight excluding hydrogens is 310 g/mol. The van der Waals surface area contributed by atoms with Crippen molar-refractivity contribution >= 4 is 33.2 Å². The minimum absolute atomic E-state index is 0.213. The molecule has 2 rings (SSSR count). The molecule has 0 radical (unpaired) electrons. The lowest BCUT2D eigenvalue weighted by molar-refractivity contribution is 0.561. The molecule has 2 heterocycles. The maximum atomic E-state index is 13.9. The van der Waals surface area contributed by atoms with Crippen LogP contribution in [-0.4, -0.2) is 43.1 Å². The molecule has 20 heavy (non-hydrogen) atoms. The van der Waals surface area contributed by atoms with E-state index in [1.165, 1.54) is 16.7 Å². The number of nitrogens with one attached hydrogen (secondary N) is 1. The first kappa shape index (κ1) is 15.3. The number of sulfone groups is 1. The molecule has 1 atom stereocenters. The van der Waals surface area contributed by atoms with Crippen LogP contribution in [-0.2, 0) is 9.84 Å². The van der Waals surface area contributed by atoms with E-state index in [1.54, 1.807) is 0 Å². The Morgan fingerprint density at radius 1 is 1.50 bits per heavy atom. The van der Waals surface area contributed by atoms with Crippen molar-refractivity contribution in [3.8, 4) is 0 Å². The van der Waals surface area contributed by atoms with Crippen molar-refractivity contribution in [3.63, 3.8) is 0 Å². The summed E-state index contributed by atoms with van der Waals surface area (Å²) in [6.07, 6.45) is 1.08. The number of rotatable bonds is 3. The van der Waals surface area contributed by atoms with Crippen molar-refractivity contribution in [2.75, 3.05) is 34.6 Å². The zero-order valence-corrected chi connectivity index (χ0v) is 12.3. The molecule has 3 N–H and O–H groups in total. The number of hydrogen-bond donors (Lipinski definition) is 2. The fourth-order valence-corrected chi connectivity index (χ4v) is 4.76. The number of nitrogens with two attached hydrogens (primary N) is 1. The van der Waals surface area contributed by atoms with Gasteiger partial charge in [0.25, 0.3) is 0 Å². The van der Waals surface area contributed by atoms with Crippen molar-refractivity contribution in [2.24, 2.45) is 5.84 Å². The molecule has 6 nitrogen and oxygen atoms in total. The number of pyridine rings is 1. The first-order valence-electron chi connectivity index (χ1n) is 5.70. The summed E-state index contributed by atoms with van der Waals surface area (Å²) in [6, 6.07) is 0.638. The monoisotopic (exact) mass is 324 g/mol. The normalized spacial score (nSPS) is 20.0. The van der Waals surface area contributed by atoms with E-state index in [2.05, 4.69) is 4.98 Å². The van der Waals surface area contributed by atoms with Crippen molar-refractivity contribution < 1.29 is 17.2 Å². The molecule has 112 valence electrons. The molecule has 1 aromatic heterocycles. The second-order valence-electron chi connectivity index (χ2n) is 4.32. The van der Waals surface area contributed by atoms with Gasteiger partial charge in [0, 0.05) is 30.4 Å². The van der Waals surface area contributed by atoms with Crippen LogP contribution in [0.4, 0.5) is 20.4 Å². The van der Waals surface area contributed by atoms with Gasteiger partial charge in [-0.15, -0.1) is 0 Å². The molecule has 0 aromatic carbocycles. The van der Waals surface area contributed by atoms with E-state index < -0.39 is 26.8 Å². The van der Waals surface area contributed by atoms with E-state index in [4.69, 9.17) is 5.84 Å². The minimum Gasteiger partial charge on any atom is -0.336 e. The van der Waals surface area contributed by atoms with Crippen LogP contribution >= 0.6 is 11.8 Å². The van der Waals surface area contributed by atoms with E-state index in [0.29, 0.717) is 24.1 Å². The van der Waals surface area contributed by atoms with E-state index in [9.17, 15) is 17.2 Å². The molecule has 10 heteroatoms. The smallest absolute Gasteiger partial charge is 0.178 e. The van der Waals surface area contributed by atoms with Crippen LogP contribution < -0.4 is 16.2 Å². The van der Waals surface area contributed by atoms with Gasteiger partial charge in [0.15, 0.2) is 33.1 Å². The van der Waals surface area contributed by atoms with Crippen LogP contribution in [0.3, 0.4) is 0 Å². The molecule has 1 aliphatic heterocycles. The zero-order valence-electron chi connectivity index (χ0n) is 10.6. The topological polar surface area (TPSA) is 88.3 Å². The number of nitrogens with zero attached hydrogens (tertiary/aromatic N) is 2. The molecule has 1 unspecified atom stereocenters. The molecule has 1 aliphatic rings. The van der Waals surface area contributed by atoms with E-state index in [-0.39, 0.29) is 11.6 Å². The number of aromatic nitrogens is 1. The largest absolute Gasteiger partial charge is 0.336 e. The van der Waals surface area contributed by atoms with E-state index in [0.717, 1.165) is 6.26 Å². The lowest BCUT2D eigenvalue weighted by atomic mass is 10.3. The van der Waals surface area contributed by atoms with Crippen molar-refractivity contribution in [2.45, 2.75) is 5.37 Å². The summed E-state index contributed by atoms with van der Waals surface area (Å²) in [4.78, 5) is 5.08. The summed E-state index contributed by atoms with van der Waals surface area (Å²) < 4.78 is 50.8. The van der Waals surface area contributed by atoms with Gasteiger partial charge in [-0.25, -0.2) is 28.0 Å². The molecule has 0 aliphatic carbocycles. The Morgan fingerprint density at radius 3 is 2.80 bits per heavy atom. The quantitative estimate of drug-likeness (QED) is 0.621. The van der Waals surface area contributed by atoms with Crippen molar-refractivity contribution in [1.29, 1.82) is 0 Å². The highest BCUT2D eigenvalue weighted by Gasteiger charge is 2.33. The first-order valence-corrected chi connectivity index (χ1v) is 8.81. The molecule has 1 aromatic rings. The predicted molar refractivity (Wildman–Crippen MR) is 75.3 cm³/mol. The summed E-state index contributed by atoms with van der Waals surface area (Å²) in [5, 5.41) is -0.890. The van der Waals surface area contributed by atoms with Crippen molar-refractivity contribution in [3.05, 3.63) is 17.7 Å². The molecule has 1 saturated heterocycles. The van der Waals surface area contributed by atoms with Gasteiger partial charge in [0.1, 0.15) is 5.37 Å². The molecule has 0 bridgehead atoms. The van der Waals surface area contributed by atoms with Crippen LogP contribution in [0.15, 0.2) is 6.07 Å². The highest BCUT2D eigenvalue weighted by atomic mass is 32.2. The maximum absolute atomic E-state index is 13.9. The third-order valence-corrected chi connectivity index (χ3v) is 5.54. The van der Waals surface area contributed by atoms with Gasteiger partial charge in [0.05, 0.1) is 0 Å². The Morgan fingerprint density at radius 2 is 2.20 bits per heavy atom. The van der Waals surface area contributed by atoms with Gasteiger partial charge in [-0.2, -0.15) is 11.8 Å². The Kier molecular flexibility index (Phi) is 4.35. The SMILES string of the molecule is CS(=O)(=O)C1CSCCN1c1nc(NN)c(F)cc1F. The zero-order chi connectivity index (χ0) is 14.9. The van der Waals surface area contributed by atoms with E-state index in [1.807, 2.05) is 5.43 Å². The first-order chi connectivity index (χ1) is 9.34. The van der Waals surface area contributed by atoms with Crippen LogP contribution in [0.25, 0.3) is 0 Å². The summed E-state index contributed by atoms with van der Waals surface area (Å²) in [6.45, 7) is 0.308. The summed E-state index contributed by atoms with van der Waals surface area (Å²) >= 11 is 1.46. The maximum Gasteiger partial charge on any atom is 0.178 e. The van der Waals surface area contributed by atoms with Gasteiger partial charge < -0.3 is 10.3 Å². The lowest BCUT2D eigenvalue weighted by Gasteiger charge is -2.35. The Labute approximate surface area is 119 Å². The lowest BCUT2D eigenvalue weighted by Crippen LogP contribution is -2.47. The van der Waals surface area contributed by atoms with Crippen LogP contribution in [0.5, 0.6) is 0 Å². The molecule has 1 fully saturated rings. The number of hydrazine groups is 1. The fourth-order valence-electron chi connectivity index (χ4n) is 1.94. The molecule has 0 saturated carbocycles. The third kappa shape index (κ3) is 2.96. The predicted octanol–water partition coefficient (Wildman–Crippen LogP) is 0.569. The number of thioether (sulfide) groups is 1. The van der Waals surface area contributed by atoms with Crippen molar-refractivity contribution in [1.82, 2.24) is 4.98 Å². The minimum atomic E-state index is -3.42. The number of anilines is 2. The fraction of sp³-hybridized carbons (Fsp3) is 0.500. The van der Waals surface area contributed by atoms with Crippen LogP contribution in [0.2, 0.25) is 0 Å². The van der Waals surface area contributed by atoms with Gasteiger partial charge in [0.2, 0.25) is 0 Å². The number of nitrogen functional groups attached to an aromatic ring is 1. The Balaban J connectivity index is 2.47. The van der Waals surface area contributed by atoms with Gasteiger partial charge >= 0.3 is 0 Å². The highest BCUT2D eigenvalue weighted by molar-refractivity contribution is 8.01. The second-order valence-corrected chi connectivity index (χ2v) is 7.67. The average Bonchev–Trinajstić information content (AvgIpc) is 2.38. The average molecular weight is 324 g/mol. The summed E-state index contributed by atoms with van der Waals surface area (Å²) in [7, 11) is -3.42. The number of halogens is 2. The van der Waals surface area contributed by atoms with E-state index >= 15 is 0 Å². The third-order valence-electron chi connectivity index (χ3n) is 2.90. The molecule has 0 spiro atoms.